The molecular formula is C20H20N4O2S. The highest BCUT2D eigenvalue weighted by molar-refractivity contribution is 7.99. The van der Waals surface area contributed by atoms with Crippen molar-refractivity contribution in [3.8, 4) is 17.1 Å². The van der Waals surface area contributed by atoms with Crippen LogP contribution in [0.4, 0.5) is 5.69 Å². The first-order valence-corrected chi connectivity index (χ1v) is 9.36. The summed E-state index contributed by atoms with van der Waals surface area (Å²) >= 11 is 1.34. The lowest BCUT2D eigenvalue weighted by atomic mass is 10.2. The first-order chi connectivity index (χ1) is 13.2. The molecule has 0 aliphatic rings. The molecule has 1 amide bonds. The first-order valence-electron chi connectivity index (χ1n) is 8.37. The normalized spacial score (nSPS) is 10.4. The van der Waals surface area contributed by atoms with Gasteiger partial charge in [0.15, 0.2) is 11.0 Å². The van der Waals surface area contributed by atoms with Crippen molar-refractivity contribution in [2.45, 2.75) is 11.7 Å². The van der Waals surface area contributed by atoms with Crippen LogP contribution in [0.1, 0.15) is 0 Å². The summed E-state index contributed by atoms with van der Waals surface area (Å²) in [6.45, 7) is 4.37. The largest absolute Gasteiger partial charge is 0.497 e. The van der Waals surface area contributed by atoms with Crippen LogP contribution in [-0.4, -0.2) is 33.5 Å². The number of hydrogen-bond donors (Lipinski definition) is 1. The SMILES string of the molecule is C=CCn1c(SCC(=O)Nc2ccc(OC)cc2)nnc1-c1ccccc1. The van der Waals surface area contributed by atoms with Gasteiger partial charge in [0, 0.05) is 17.8 Å². The van der Waals surface area contributed by atoms with Gasteiger partial charge in [-0.05, 0) is 24.3 Å². The number of amides is 1. The van der Waals surface area contributed by atoms with Crippen LogP contribution in [0, 0.1) is 0 Å². The highest BCUT2D eigenvalue weighted by Gasteiger charge is 2.14. The van der Waals surface area contributed by atoms with Gasteiger partial charge in [0.05, 0.1) is 12.9 Å². The Labute approximate surface area is 162 Å². The minimum atomic E-state index is -0.111. The van der Waals surface area contributed by atoms with E-state index in [0.29, 0.717) is 11.7 Å². The van der Waals surface area contributed by atoms with Crippen LogP contribution in [-0.2, 0) is 11.3 Å². The van der Waals surface area contributed by atoms with Crippen molar-refractivity contribution in [3.63, 3.8) is 0 Å². The van der Waals surface area contributed by atoms with Crippen molar-refractivity contribution in [1.82, 2.24) is 14.8 Å². The molecule has 3 aromatic rings. The maximum Gasteiger partial charge on any atom is 0.234 e. The minimum Gasteiger partial charge on any atom is -0.497 e. The van der Waals surface area contributed by atoms with Gasteiger partial charge in [-0.25, -0.2) is 0 Å². The second-order valence-corrected chi connectivity index (χ2v) is 6.58. The number of allylic oxidation sites excluding steroid dienone is 1. The van der Waals surface area contributed by atoms with Crippen LogP contribution in [0.25, 0.3) is 11.4 Å². The molecule has 3 rings (SSSR count). The lowest BCUT2D eigenvalue weighted by Crippen LogP contribution is -2.14. The van der Waals surface area contributed by atoms with Gasteiger partial charge >= 0.3 is 0 Å². The molecule has 0 spiro atoms. The van der Waals surface area contributed by atoms with Crippen molar-refractivity contribution in [3.05, 3.63) is 67.3 Å². The number of carbonyl (C=O) groups is 1. The Morgan fingerprint density at radius 3 is 2.59 bits per heavy atom. The summed E-state index contributed by atoms with van der Waals surface area (Å²) in [5, 5.41) is 12.1. The zero-order valence-electron chi connectivity index (χ0n) is 15.0. The quantitative estimate of drug-likeness (QED) is 0.475. The molecular weight excluding hydrogens is 360 g/mol. The Bertz CT molecular complexity index is 907. The van der Waals surface area contributed by atoms with E-state index >= 15 is 0 Å². The Morgan fingerprint density at radius 1 is 1.19 bits per heavy atom. The molecule has 0 atom stereocenters. The van der Waals surface area contributed by atoms with Crippen LogP contribution in [0.5, 0.6) is 5.75 Å². The van der Waals surface area contributed by atoms with Gasteiger partial charge in [-0.3, -0.25) is 9.36 Å². The Kier molecular flexibility index (Phi) is 6.27. The fourth-order valence-electron chi connectivity index (χ4n) is 2.49. The van der Waals surface area contributed by atoms with Crippen LogP contribution in [0.2, 0.25) is 0 Å². The average molecular weight is 380 g/mol. The number of aromatic nitrogens is 3. The van der Waals surface area contributed by atoms with E-state index in [1.807, 2.05) is 34.9 Å². The van der Waals surface area contributed by atoms with Crippen molar-refractivity contribution < 1.29 is 9.53 Å². The highest BCUT2D eigenvalue weighted by atomic mass is 32.2. The standard InChI is InChI=1S/C20H20N4O2S/c1-3-13-24-19(15-7-5-4-6-8-15)22-23-20(24)27-14-18(25)21-16-9-11-17(26-2)12-10-16/h3-12H,1,13-14H2,2H3,(H,21,25). The highest BCUT2D eigenvalue weighted by Crippen LogP contribution is 2.24. The van der Waals surface area contributed by atoms with Gasteiger partial charge in [0.2, 0.25) is 5.91 Å². The molecule has 0 aliphatic carbocycles. The maximum atomic E-state index is 12.2. The molecule has 6 nitrogen and oxygen atoms in total. The molecule has 0 fully saturated rings. The minimum absolute atomic E-state index is 0.111. The van der Waals surface area contributed by atoms with Gasteiger partial charge in [-0.2, -0.15) is 0 Å². The van der Waals surface area contributed by atoms with Crippen molar-refractivity contribution in [2.75, 3.05) is 18.2 Å². The zero-order valence-corrected chi connectivity index (χ0v) is 15.8. The van der Waals surface area contributed by atoms with E-state index in [0.717, 1.165) is 22.8 Å². The number of methoxy groups -OCH3 is 1. The topological polar surface area (TPSA) is 69.0 Å². The van der Waals surface area contributed by atoms with E-state index < -0.39 is 0 Å². The number of ether oxygens (including phenoxy) is 1. The number of rotatable bonds is 8. The van der Waals surface area contributed by atoms with E-state index in [4.69, 9.17) is 4.74 Å². The third-order valence-corrected chi connectivity index (χ3v) is 4.73. The predicted molar refractivity (Wildman–Crippen MR) is 108 cm³/mol. The van der Waals surface area contributed by atoms with E-state index in [1.165, 1.54) is 11.8 Å². The zero-order chi connectivity index (χ0) is 19.1. The first kappa shape index (κ1) is 18.7. The number of anilines is 1. The molecule has 0 bridgehead atoms. The van der Waals surface area contributed by atoms with Gasteiger partial charge in [-0.1, -0.05) is 48.2 Å². The molecule has 0 radical (unpaired) electrons. The number of thioether (sulfide) groups is 1. The predicted octanol–water partition coefficient (Wildman–Crippen LogP) is 3.87. The number of nitrogens with one attached hydrogen (secondary N) is 1. The third-order valence-electron chi connectivity index (χ3n) is 3.77. The second-order valence-electron chi connectivity index (χ2n) is 5.64. The smallest absolute Gasteiger partial charge is 0.234 e. The fourth-order valence-corrected chi connectivity index (χ4v) is 3.24. The van der Waals surface area contributed by atoms with Gasteiger partial charge in [0.25, 0.3) is 0 Å². The monoisotopic (exact) mass is 380 g/mol. The molecule has 0 saturated heterocycles. The van der Waals surface area contributed by atoms with Gasteiger partial charge in [-0.15, -0.1) is 16.8 Å². The van der Waals surface area contributed by atoms with Crippen LogP contribution >= 0.6 is 11.8 Å². The second kappa shape index (κ2) is 9.05. The summed E-state index contributed by atoms with van der Waals surface area (Å²) < 4.78 is 7.06. The number of nitrogens with zero attached hydrogens (tertiary/aromatic N) is 3. The Hall–Kier alpha value is -3.06. The summed E-state index contributed by atoms with van der Waals surface area (Å²) in [5.74, 6) is 1.62. The average Bonchev–Trinajstić information content (AvgIpc) is 3.10. The van der Waals surface area contributed by atoms with E-state index in [-0.39, 0.29) is 11.7 Å². The Morgan fingerprint density at radius 2 is 1.93 bits per heavy atom. The molecule has 7 heteroatoms. The van der Waals surface area contributed by atoms with Crippen molar-refractivity contribution in [2.24, 2.45) is 0 Å². The van der Waals surface area contributed by atoms with Crippen LogP contribution in [0.3, 0.4) is 0 Å². The lowest BCUT2D eigenvalue weighted by Gasteiger charge is -2.08. The van der Waals surface area contributed by atoms with Gasteiger partial charge < -0.3 is 10.1 Å². The lowest BCUT2D eigenvalue weighted by molar-refractivity contribution is -0.113. The van der Waals surface area contributed by atoms with E-state index in [9.17, 15) is 4.79 Å². The molecule has 27 heavy (non-hydrogen) atoms. The van der Waals surface area contributed by atoms with Crippen molar-refractivity contribution in [1.29, 1.82) is 0 Å². The summed E-state index contributed by atoms with van der Waals surface area (Å²) in [7, 11) is 1.60. The molecule has 138 valence electrons. The van der Waals surface area contributed by atoms with E-state index in [1.54, 1.807) is 37.5 Å². The van der Waals surface area contributed by atoms with E-state index in [2.05, 4.69) is 22.1 Å². The summed E-state index contributed by atoms with van der Waals surface area (Å²) in [4.78, 5) is 12.2. The molecule has 0 unspecified atom stereocenters. The number of carbonyl (C=O) groups excluding carboxylic acids is 1. The Balaban J connectivity index is 1.67. The molecule has 0 aliphatic heterocycles. The summed E-state index contributed by atoms with van der Waals surface area (Å²) in [6, 6.07) is 17.0. The van der Waals surface area contributed by atoms with Crippen LogP contribution in [0.15, 0.2) is 72.4 Å². The fraction of sp³-hybridized carbons (Fsp3) is 0.150. The maximum absolute atomic E-state index is 12.2. The third kappa shape index (κ3) is 4.77. The van der Waals surface area contributed by atoms with Crippen molar-refractivity contribution >= 4 is 23.4 Å². The molecule has 1 heterocycles. The molecule has 1 aromatic heterocycles. The summed E-state index contributed by atoms with van der Waals surface area (Å²) in [5.41, 5.74) is 1.69. The molecule has 0 saturated carbocycles. The number of benzene rings is 2. The number of hydrogen-bond acceptors (Lipinski definition) is 5. The van der Waals surface area contributed by atoms with Gasteiger partial charge in [0.1, 0.15) is 5.75 Å². The molecule has 1 N–H and O–H groups in total. The molecule has 2 aromatic carbocycles. The summed E-state index contributed by atoms with van der Waals surface area (Å²) in [6.07, 6.45) is 1.79. The van der Waals surface area contributed by atoms with Crippen LogP contribution < -0.4 is 10.1 Å².